The van der Waals surface area contributed by atoms with Gasteiger partial charge in [0.2, 0.25) is 0 Å². The van der Waals surface area contributed by atoms with Crippen molar-refractivity contribution in [3.8, 4) is 0 Å². The quantitative estimate of drug-likeness (QED) is 0.919. The first-order valence-electron chi connectivity index (χ1n) is 4.99. The molecule has 0 saturated carbocycles. The molecular formula is C9H13BrN6. The molecule has 0 amide bonds. The summed E-state index contributed by atoms with van der Waals surface area (Å²) in [5.74, 6) is 0.426. The molecular weight excluding hydrogens is 272 g/mol. The van der Waals surface area contributed by atoms with E-state index in [1.54, 1.807) is 10.9 Å². The van der Waals surface area contributed by atoms with Gasteiger partial charge < -0.3 is 5.73 Å². The van der Waals surface area contributed by atoms with Crippen LogP contribution in [0.1, 0.15) is 18.3 Å². The Bertz CT molecular complexity index is 500. The lowest BCUT2D eigenvalue weighted by atomic mass is 10.3. The van der Waals surface area contributed by atoms with Gasteiger partial charge in [-0.15, -0.1) is 5.10 Å². The van der Waals surface area contributed by atoms with Gasteiger partial charge in [0.25, 0.3) is 0 Å². The minimum absolute atomic E-state index is 0.426. The van der Waals surface area contributed by atoms with Gasteiger partial charge >= 0.3 is 0 Å². The Morgan fingerprint density at radius 2 is 2.25 bits per heavy atom. The number of nitrogen functional groups attached to an aromatic ring is 1. The summed E-state index contributed by atoms with van der Waals surface area (Å²) < 4.78 is 4.66. The zero-order chi connectivity index (χ0) is 11.7. The lowest BCUT2D eigenvalue weighted by Gasteiger charge is -2.04. The number of hydrogen-bond acceptors (Lipinski definition) is 4. The maximum atomic E-state index is 5.52. The van der Waals surface area contributed by atoms with Crippen molar-refractivity contribution in [1.82, 2.24) is 24.8 Å². The Morgan fingerprint density at radius 1 is 1.50 bits per heavy atom. The topological polar surface area (TPSA) is 74.5 Å². The molecule has 0 saturated heterocycles. The normalized spacial score (nSPS) is 10.9. The number of nitrogens with two attached hydrogens (primary N) is 1. The van der Waals surface area contributed by atoms with Crippen LogP contribution in [-0.2, 0) is 13.1 Å². The molecule has 2 heterocycles. The van der Waals surface area contributed by atoms with Gasteiger partial charge in [-0.25, -0.2) is 4.68 Å². The van der Waals surface area contributed by atoms with Crippen LogP contribution in [0.25, 0.3) is 0 Å². The maximum absolute atomic E-state index is 5.52. The molecule has 0 bridgehead atoms. The molecule has 0 aliphatic rings. The molecule has 0 unspecified atom stereocenters. The molecule has 0 fully saturated rings. The van der Waals surface area contributed by atoms with Crippen molar-refractivity contribution in [2.24, 2.45) is 0 Å². The number of aryl methyl sites for hydroxylation is 2. The molecule has 7 heteroatoms. The third-order valence-electron chi connectivity index (χ3n) is 2.32. The summed E-state index contributed by atoms with van der Waals surface area (Å²) in [6, 6.07) is 0. The summed E-state index contributed by atoms with van der Waals surface area (Å²) in [5, 5.41) is 12.1. The van der Waals surface area contributed by atoms with Gasteiger partial charge in [0, 0.05) is 6.54 Å². The van der Waals surface area contributed by atoms with Crippen molar-refractivity contribution in [3.63, 3.8) is 0 Å². The number of anilines is 1. The maximum Gasteiger partial charge on any atom is 0.165 e. The van der Waals surface area contributed by atoms with Crippen molar-refractivity contribution in [3.05, 3.63) is 22.1 Å². The number of nitrogens with zero attached hydrogens (tertiary/aromatic N) is 5. The van der Waals surface area contributed by atoms with Crippen LogP contribution in [0.3, 0.4) is 0 Å². The zero-order valence-electron chi connectivity index (χ0n) is 9.18. The molecule has 2 rings (SSSR count). The standard InChI is InChI=1S/C9H13BrN6/c1-3-16-7(9(10)6(2)13-16)4-15-5-8(11)12-14-15/h5H,3-4,11H2,1-2H3. The van der Waals surface area contributed by atoms with E-state index in [0.29, 0.717) is 12.4 Å². The Morgan fingerprint density at radius 3 is 2.81 bits per heavy atom. The second-order valence-corrected chi connectivity index (χ2v) is 4.30. The van der Waals surface area contributed by atoms with Gasteiger partial charge in [-0.3, -0.25) is 4.68 Å². The first-order chi connectivity index (χ1) is 7.61. The first kappa shape index (κ1) is 11.1. The van der Waals surface area contributed by atoms with Crippen LogP contribution < -0.4 is 5.73 Å². The summed E-state index contributed by atoms with van der Waals surface area (Å²) in [7, 11) is 0. The Kier molecular flexibility index (Phi) is 2.95. The molecule has 16 heavy (non-hydrogen) atoms. The van der Waals surface area contributed by atoms with E-state index in [0.717, 1.165) is 22.4 Å². The smallest absolute Gasteiger partial charge is 0.165 e. The fourth-order valence-electron chi connectivity index (χ4n) is 1.56. The van der Waals surface area contributed by atoms with E-state index in [1.165, 1.54) is 0 Å². The van der Waals surface area contributed by atoms with Gasteiger partial charge in [-0.05, 0) is 29.8 Å². The van der Waals surface area contributed by atoms with Crippen molar-refractivity contribution < 1.29 is 0 Å². The van der Waals surface area contributed by atoms with Crippen LogP contribution >= 0.6 is 15.9 Å². The molecule has 86 valence electrons. The van der Waals surface area contributed by atoms with Gasteiger partial charge in [-0.2, -0.15) is 5.10 Å². The van der Waals surface area contributed by atoms with Crippen molar-refractivity contribution in [2.45, 2.75) is 26.9 Å². The number of halogens is 1. The van der Waals surface area contributed by atoms with Gasteiger partial charge in [0.1, 0.15) is 0 Å². The summed E-state index contributed by atoms with van der Waals surface area (Å²) >= 11 is 3.53. The van der Waals surface area contributed by atoms with Gasteiger partial charge in [0.05, 0.1) is 28.6 Å². The van der Waals surface area contributed by atoms with Crippen LogP contribution in [0.15, 0.2) is 10.7 Å². The summed E-state index contributed by atoms with van der Waals surface area (Å²) in [6.07, 6.45) is 1.70. The molecule has 0 radical (unpaired) electrons. The van der Waals surface area contributed by atoms with Crippen molar-refractivity contribution in [1.29, 1.82) is 0 Å². The van der Waals surface area contributed by atoms with E-state index in [9.17, 15) is 0 Å². The van der Waals surface area contributed by atoms with E-state index in [-0.39, 0.29) is 0 Å². The molecule has 2 aromatic heterocycles. The largest absolute Gasteiger partial charge is 0.381 e. The van der Waals surface area contributed by atoms with Gasteiger partial charge in [0.15, 0.2) is 5.82 Å². The predicted molar refractivity (Wildman–Crippen MR) is 63.9 cm³/mol. The third-order valence-corrected chi connectivity index (χ3v) is 3.35. The molecule has 0 aromatic carbocycles. The summed E-state index contributed by atoms with van der Waals surface area (Å²) in [5.41, 5.74) is 7.57. The van der Waals surface area contributed by atoms with Crippen LogP contribution in [0, 0.1) is 6.92 Å². The molecule has 0 aliphatic heterocycles. The number of hydrogen-bond donors (Lipinski definition) is 1. The molecule has 2 aromatic rings. The lowest BCUT2D eigenvalue weighted by Crippen LogP contribution is -2.09. The Labute approximate surface area is 102 Å². The van der Waals surface area contributed by atoms with Crippen LogP contribution in [-0.4, -0.2) is 24.8 Å². The predicted octanol–water partition coefficient (Wildman–Crippen LogP) is 1.20. The minimum Gasteiger partial charge on any atom is -0.381 e. The highest BCUT2D eigenvalue weighted by Crippen LogP contribution is 2.21. The highest BCUT2D eigenvalue weighted by Gasteiger charge is 2.12. The molecule has 0 aliphatic carbocycles. The monoisotopic (exact) mass is 284 g/mol. The minimum atomic E-state index is 0.426. The molecule has 6 nitrogen and oxygen atoms in total. The fraction of sp³-hybridized carbons (Fsp3) is 0.444. The van der Waals surface area contributed by atoms with Crippen LogP contribution in [0.5, 0.6) is 0 Å². The van der Waals surface area contributed by atoms with Crippen LogP contribution in [0.2, 0.25) is 0 Å². The van der Waals surface area contributed by atoms with Crippen molar-refractivity contribution in [2.75, 3.05) is 5.73 Å². The van der Waals surface area contributed by atoms with E-state index in [4.69, 9.17) is 5.73 Å². The fourth-order valence-corrected chi connectivity index (χ4v) is 1.97. The number of rotatable bonds is 3. The summed E-state index contributed by atoms with van der Waals surface area (Å²) in [6.45, 7) is 5.46. The highest BCUT2D eigenvalue weighted by atomic mass is 79.9. The highest BCUT2D eigenvalue weighted by molar-refractivity contribution is 9.10. The number of aromatic nitrogens is 5. The second-order valence-electron chi connectivity index (χ2n) is 3.50. The zero-order valence-corrected chi connectivity index (χ0v) is 10.8. The Balaban J connectivity index is 2.33. The van der Waals surface area contributed by atoms with E-state index >= 15 is 0 Å². The van der Waals surface area contributed by atoms with E-state index < -0.39 is 0 Å². The van der Waals surface area contributed by atoms with Crippen LogP contribution in [0.4, 0.5) is 5.82 Å². The summed E-state index contributed by atoms with van der Waals surface area (Å²) in [4.78, 5) is 0. The third kappa shape index (κ3) is 1.95. The lowest BCUT2D eigenvalue weighted by molar-refractivity contribution is 0.564. The molecule has 2 N–H and O–H groups in total. The molecule has 0 atom stereocenters. The van der Waals surface area contributed by atoms with E-state index in [2.05, 4.69) is 38.3 Å². The van der Waals surface area contributed by atoms with E-state index in [1.807, 2.05) is 11.6 Å². The SMILES string of the molecule is CCn1nc(C)c(Br)c1Cn1cc(N)nn1. The second kappa shape index (κ2) is 4.25. The average molecular weight is 285 g/mol. The first-order valence-corrected chi connectivity index (χ1v) is 5.78. The van der Waals surface area contributed by atoms with Gasteiger partial charge in [-0.1, -0.05) is 5.21 Å². The van der Waals surface area contributed by atoms with Crippen molar-refractivity contribution >= 4 is 21.7 Å². The molecule has 0 spiro atoms. The average Bonchev–Trinajstić information content (AvgIpc) is 2.77. The Hall–Kier alpha value is -1.37.